The molecule has 2 aromatic rings. The monoisotopic (exact) mass is 247 g/mol. The largest absolute Gasteiger partial charge is 0.380 e. The predicted molar refractivity (Wildman–Crippen MR) is 72.0 cm³/mol. The smallest absolute Gasteiger partial charge is 0.161 e. The van der Waals surface area contributed by atoms with Crippen LogP contribution in [-0.2, 0) is 4.74 Å². The number of hydrogen-bond acceptors (Lipinski definition) is 3. The van der Waals surface area contributed by atoms with E-state index in [0.717, 1.165) is 24.7 Å². The number of aromatic nitrogens is 3. The normalized spacial score (nSPS) is 15.4. The topological polar surface area (TPSA) is 39.4 Å². The molecule has 1 aliphatic rings. The van der Waals surface area contributed by atoms with Crippen molar-refractivity contribution >= 4 is 5.65 Å². The first-order valence-electron chi connectivity index (χ1n) is 6.69. The molecule has 1 fully saturated rings. The van der Waals surface area contributed by atoms with E-state index in [-0.39, 0.29) is 0 Å². The first-order chi connectivity index (χ1) is 8.77. The van der Waals surface area contributed by atoms with Crippen molar-refractivity contribution in [2.45, 2.75) is 39.5 Å². The molecule has 98 valence electrons. The van der Waals surface area contributed by atoms with Gasteiger partial charge in [0.25, 0.3) is 0 Å². The van der Waals surface area contributed by atoms with E-state index >= 15 is 0 Å². The maximum atomic E-state index is 5.23. The Bertz CT molecular complexity index is 515. The van der Waals surface area contributed by atoms with Crippen LogP contribution in [-0.4, -0.2) is 27.8 Å². The molecule has 18 heavy (non-hydrogen) atoms. The van der Waals surface area contributed by atoms with Gasteiger partial charge in [0.1, 0.15) is 5.82 Å². The summed E-state index contributed by atoms with van der Waals surface area (Å²) in [6.45, 7) is 9.92. The summed E-state index contributed by atoms with van der Waals surface area (Å²) in [5.41, 5.74) is 2.21. The number of nitrogens with zero attached hydrogens (tertiary/aromatic N) is 3. The minimum absolute atomic E-state index is 0.412. The van der Waals surface area contributed by atoms with Gasteiger partial charge >= 0.3 is 0 Å². The standard InChI is InChI=1S/C12H15N3O.C2H6/c1-8(2)10-4-3-5-11-13-14-12(15(10)11)9-6-16-7-9;1-2/h3-5,8-9H,6-7H2,1-2H3;1-2H3. The Morgan fingerprint density at radius 3 is 2.50 bits per heavy atom. The number of ether oxygens (including phenoxy) is 1. The van der Waals surface area contributed by atoms with Gasteiger partial charge in [-0.25, -0.2) is 0 Å². The van der Waals surface area contributed by atoms with Gasteiger partial charge in [0.15, 0.2) is 5.65 Å². The summed E-state index contributed by atoms with van der Waals surface area (Å²) in [4.78, 5) is 0. The van der Waals surface area contributed by atoms with Crippen LogP contribution in [0.25, 0.3) is 5.65 Å². The summed E-state index contributed by atoms with van der Waals surface area (Å²) in [5, 5.41) is 8.52. The van der Waals surface area contributed by atoms with Gasteiger partial charge in [-0.05, 0) is 18.1 Å². The number of pyridine rings is 1. The molecule has 0 amide bonds. The molecule has 0 aliphatic carbocycles. The van der Waals surface area contributed by atoms with Crippen LogP contribution >= 0.6 is 0 Å². The van der Waals surface area contributed by atoms with Gasteiger partial charge in [-0.15, -0.1) is 10.2 Å². The van der Waals surface area contributed by atoms with Crippen molar-refractivity contribution in [2.75, 3.05) is 13.2 Å². The van der Waals surface area contributed by atoms with E-state index in [1.807, 2.05) is 26.0 Å². The zero-order valence-corrected chi connectivity index (χ0v) is 11.6. The average molecular weight is 247 g/mol. The van der Waals surface area contributed by atoms with Gasteiger partial charge in [-0.1, -0.05) is 33.8 Å². The average Bonchev–Trinajstić information content (AvgIpc) is 2.73. The van der Waals surface area contributed by atoms with Crippen molar-refractivity contribution in [1.29, 1.82) is 0 Å². The fourth-order valence-electron chi connectivity index (χ4n) is 2.09. The van der Waals surface area contributed by atoms with E-state index in [1.54, 1.807) is 0 Å². The van der Waals surface area contributed by atoms with Crippen LogP contribution in [0.15, 0.2) is 18.2 Å². The lowest BCUT2D eigenvalue weighted by atomic mass is 10.1. The minimum atomic E-state index is 0.412. The lowest BCUT2D eigenvalue weighted by molar-refractivity contribution is 0.00436. The van der Waals surface area contributed by atoms with Crippen molar-refractivity contribution in [2.24, 2.45) is 0 Å². The molecule has 0 spiro atoms. The third kappa shape index (κ3) is 2.12. The second-order valence-electron chi connectivity index (χ2n) is 4.59. The van der Waals surface area contributed by atoms with Crippen LogP contribution in [0, 0.1) is 0 Å². The molecular weight excluding hydrogens is 226 g/mol. The highest BCUT2D eigenvalue weighted by atomic mass is 16.5. The van der Waals surface area contributed by atoms with E-state index in [2.05, 4.69) is 34.5 Å². The third-order valence-electron chi connectivity index (χ3n) is 3.08. The molecule has 4 nitrogen and oxygen atoms in total. The minimum Gasteiger partial charge on any atom is -0.380 e. The van der Waals surface area contributed by atoms with Crippen LogP contribution in [0.4, 0.5) is 0 Å². The molecule has 4 heteroatoms. The third-order valence-corrected chi connectivity index (χ3v) is 3.08. The Balaban J connectivity index is 0.000000574. The first kappa shape index (κ1) is 13.0. The van der Waals surface area contributed by atoms with Crippen LogP contribution in [0.5, 0.6) is 0 Å². The molecule has 0 saturated carbocycles. The molecule has 1 aliphatic heterocycles. The molecule has 0 radical (unpaired) electrons. The van der Waals surface area contributed by atoms with E-state index in [9.17, 15) is 0 Å². The molecule has 0 aromatic carbocycles. The van der Waals surface area contributed by atoms with Crippen molar-refractivity contribution < 1.29 is 4.74 Å². The zero-order valence-electron chi connectivity index (χ0n) is 11.6. The highest BCUT2D eigenvalue weighted by Crippen LogP contribution is 2.26. The predicted octanol–water partition coefficient (Wildman–Crippen LogP) is 2.99. The van der Waals surface area contributed by atoms with Gasteiger partial charge in [-0.3, -0.25) is 4.40 Å². The lowest BCUT2D eigenvalue weighted by Crippen LogP contribution is -2.27. The van der Waals surface area contributed by atoms with Gasteiger partial charge in [0.05, 0.1) is 19.1 Å². The molecule has 0 atom stereocenters. The van der Waals surface area contributed by atoms with Crippen molar-refractivity contribution in [1.82, 2.24) is 14.6 Å². The van der Waals surface area contributed by atoms with Crippen LogP contribution in [0.3, 0.4) is 0 Å². The zero-order chi connectivity index (χ0) is 13.1. The Kier molecular flexibility index (Phi) is 3.97. The van der Waals surface area contributed by atoms with Gasteiger partial charge in [0, 0.05) is 5.69 Å². The van der Waals surface area contributed by atoms with E-state index < -0.39 is 0 Å². The quantitative estimate of drug-likeness (QED) is 0.819. The molecule has 1 saturated heterocycles. The summed E-state index contributed by atoms with van der Waals surface area (Å²) in [5.74, 6) is 1.93. The van der Waals surface area contributed by atoms with Crippen molar-refractivity contribution in [3.8, 4) is 0 Å². The summed E-state index contributed by atoms with van der Waals surface area (Å²) < 4.78 is 7.41. The Hall–Kier alpha value is -1.42. The summed E-state index contributed by atoms with van der Waals surface area (Å²) >= 11 is 0. The van der Waals surface area contributed by atoms with Crippen molar-refractivity contribution in [3.05, 3.63) is 29.7 Å². The Morgan fingerprint density at radius 2 is 1.94 bits per heavy atom. The molecule has 0 N–H and O–H groups in total. The number of hydrogen-bond donors (Lipinski definition) is 0. The number of fused-ring (bicyclic) bond motifs is 1. The summed E-state index contributed by atoms with van der Waals surface area (Å²) in [7, 11) is 0. The first-order valence-corrected chi connectivity index (χ1v) is 6.69. The fraction of sp³-hybridized carbons (Fsp3) is 0.571. The molecule has 0 unspecified atom stereocenters. The highest BCUT2D eigenvalue weighted by Gasteiger charge is 2.26. The SMILES string of the molecule is CC.CC(C)c1cccc2nnc(C3COC3)n12. The molecule has 0 bridgehead atoms. The second kappa shape index (κ2) is 5.48. The van der Waals surface area contributed by atoms with E-state index in [0.29, 0.717) is 11.8 Å². The Labute approximate surface area is 108 Å². The van der Waals surface area contributed by atoms with Gasteiger partial charge in [0.2, 0.25) is 0 Å². The number of rotatable bonds is 2. The highest BCUT2D eigenvalue weighted by molar-refractivity contribution is 5.41. The maximum absolute atomic E-state index is 5.23. The second-order valence-corrected chi connectivity index (χ2v) is 4.59. The van der Waals surface area contributed by atoms with E-state index in [1.165, 1.54) is 5.69 Å². The Morgan fingerprint density at radius 1 is 1.22 bits per heavy atom. The van der Waals surface area contributed by atoms with Crippen LogP contribution in [0.2, 0.25) is 0 Å². The summed E-state index contributed by atoms with van der Waals surface area (Å²) in [6.07, 6.45) is 0. The summed E-state index contributed by atoms with van der Waals surface area (Å²) in [6, 6.07) is 6.19. The lowest BCUT2D eigenvalue weighted by Gasteiger charge is -2.25. The van der Waals surface area contributed by atoms with Crippen molar-refractivity contribution in [3.63, 3.8) is 0 Å². The van der Waals surface area contributed by atoms with Gasteiger partial charge in [-0.2, -0.15) is 0 Å². The van der Waals surface area contributed by atoms with Crippen LogP contribution in [0.1, 0.15) is 51.0 Å². The fourth-order valence-corrected chi connectivity index (χ4v) is 2.09. The van der Waals surface area contributed by atoms with E-state index in [4.69, 9.17) is 4.74 Å². The van der Waals surface area contributed by atoms with Crippen LogP contribution < -0.4 is 0 Å². The molecule has 3 heterocycles. The molecule has 3 rings (SSSR count). The molecule has 2 aromatic heterocycles. The molecular formula is C14H21N3O. The maximum Gasteiger partial charge on any atom is 0.161 e. The van der Waals surface area contributed by atoms with Gasteiger partial charge < -0.3 is 4.74 Å².